The number of hydrogen-bond donors (Lipinski definition) is 1. The number of nitrogens with one attached hydrogen (secondary N) is 1. The van der Waals surface area contributed by atoms with Crippen LogP contribution in [0.15, 0.2) is 24.3 Å². The first-order chi connectivity index (χ1) is 8.18. The van der Waals surface area contributed by atoms with Gasteiger partial charge in [0.2, 0.25) is 0 Å². The Balaban J connectivity index is 2.18. The molecule has 1 amide bonds. The van der Waals surface area contributed by atoms with Crippen molar-refractivity contribution in [3.63, 3.8) is 0 Å². The molecular formula is C13H17FN2O. The van der Waals surface area contributed by atoms with Gasteiger partial charge in [-0.15, -0.1) is 0 Å². The summed E-state index contributed by atoms with van der Waals surface area (Å²) in [7, 11) is 0. The van der Waals surface area contributed by atoms with Gasteiger partial charge in [0, 0.05) is 24.7 Å². The van der Waals surface area contributed by atoms with Crippen LogP contribution in [0, 0.1) is 5.82 Å². The standard InChI is InChI=1S/C13H17FN2O/c1-10-5-6-15-7-8-16(10)13(17)11-3-2-4-12(14)9-11/h2-4,9-10,15H,5-8H2,1H3. The molecular weight excluding hydrogens is 219 g/mol. The second-order valence-corrected chi connectivity index (χ2v) is 4.40. The second-order valence-electron chi connectivity index (χ2n) is 4.40. The molecule has 1 atom stereocenters. The first-order valence-corrected chi connectivity index (χ1v) is 5.96. The highest BCUT2D eigenvalue weighted by atomic mass is 19.1. The quantitative estimate of drug-likeness (QED) is 0.804. The molecule has 0 aromatic heterocycles. The average Bonchev–Trinajstić information content (AvgIpc) is 2.53. The fourth-order valence-electron chi connectivity index (χ4n) is 2.10. The summed E-state index contributed by atoms with van der Waals surface area (Å²) < 4.78 is 13.1. The molecule has 0 radical (unpaired) electrons. The molecule has 1 fully saturated rings. The Bertz CT molecular complexity index is 408. The van der Waals surface area contributed by atoms with Gasteiger partial charge in [-0.05, 0) is 38.1 Å². The van der Waals surface area contributed by atoms with Gasteiger partial charge in [-0.1, -0.05) is 6.07 Å². The van der Waals surface area contributed by atoms with Crippen LogP contribution in [0.25, 0.3) is 0 Å². The molecule has 0 spiro atoms. The van der Waals surface area contributed by atoms with E-state index in [2.05, 4.69) is 5.32 Å². The monoisotopic (exact) mass is 236 g/mol. The molecule has 2 rings (SSSR count). The molecule has 1 aromatic carbocycles. The van der Waals surface area contributed by atoms with Gasteiger partial charge in [0.05, 0.1) is 0 Å². The Labute approximate surface area is 101 Å². The summed E-state index contributed by atoms with van der Waals surface area (Å²) in [5.41, 5.74) is 0.429. The molecule has 17 heavy (non-hydrogen) atoms. The average molecular weight is 236 g/mol. The fraction of sp³-hybridized carbons (Fsp3) is 0.462. The minimum atomic E-state index is -0.364. The molecule has 1 aromatic rings. The van der Waals surface area contributed by atoms with Crippen LogP contribution in [-0.4, -0.2) is 36.5 Å². The van der Waals surface area contributed by atoms with Crippen LogP contribution in [0.5, 0.6) is 0 Å². The lowest BCUT2D eigenvalue weighted by atomic mass is 10.1. The smallest absolute Gasteiger partial charge is 0.254 e. The number of rotatable bonds is 1. The summed E-state index contributed by atoms with van der Waals surface area (Å²) >= 11 is 0. The van der Waals surface area contributed by atoms with Crippen molar-refractivity contribution >= 4 is 5.91 Å². The topological polar surface area (TPSA) is 32.3 Å². The molecule has 0 aliphatic carbocycles. The SMILES string of the molecule is CC1CCNCCN1C(=O)c1cccc(F)c1. The lowest BCUT2D eigenvalue weighted by molar-refractivity contribution is 0.0704. The summed E-state index contributed by atoms with van der Waals surface area (Å²) in [6.45, 7) is 4.43. The van der Waals surface area contributed by atoms with Gasteiger partial charge in [-0.2, -0.15) is 0 Å². The molecule has 1 saturated heterocycles. The van der Waals surface area contributed by atoms with E-state index in [0.29, 0.717) is 12.1 Å². The number of amides is 1. The van der Waals surface area contributed by atoms with E-state index in [1.807, 2.05) is 11.8 Å². The minimum absolute atomic E-state index is 0.0827. The number of hydrogen-bond acceptors (Lipinski definition) is 2. The van der Waals surface area contributed by atoms with Crippen molar-refractivity contribution in [1.82, 2.24) is 10.2 Å². The van der Waals surface area contributed by atoms with E-state index < -0.39 is 0 Å². The van der Waals surface area contributed by atoms with Crippen molar-refractivity contribution in [2.45, 2.75) is 19.4 Å². The Morgan fingerprint density at radius 2 is 2.29 bits per heavy atom. The van der Waals surface area contributed by atoms with Crippen LogP contribution in [0.1, 0.15) is 23.7 Å². The third-order valence-corrected chi connectivity index (χ3v) is 3.13. The highest BCUT2D eigenvalue weighted by Gasteiger charge is 2.22. The van der Waals surface area contributed by atoms with Gasteiger partial charge >= 0.3 is 0 Å². The summed E-state index contributed by atoms with van der Waals surface area (Å²) in [5.74, 6) is -0.447. The minimum Gasteiger partial charge on any atom is -0.335 e. The van der Waals surface area contributed by atoms with Gasteiger partial charge in [-0.25, -0.2) is 4.39 Å². The summed E-state index contributed by atoms with van der Waals surface area (Å²) in [6.07, 6.45) is 0.932. The van der Waals surface area contributed by atoms with Crippen LogP contribution in [-0.2, 0) is 0 Å². The molecule has 1 aliphatic heterocycles. The van der Waals surface area contributed by atoms with Gasteiger partial charge in [0.1, 0.15) is 5.82 Å². The van der Waals surface area contributed by atoms with Crippen molar-refractivity contribution in [3.05, 3.63) is 35.6 Å². The fourth-order valence-corrected chi connectivity index (χ4v) is 2.10. The zero-order valence-electron chi connectivity index (χ0n) is 9.95. The number of carbonyl (C=O) groups is 1. The number of benzene rings is 1. The van der Waals surface area contributed by atoms with E-state index in [-0.39, 0.29) is 17.8 Å². The summed E-state index contributed by atoms with van der Waals surface area (Å²) in [6, 6.07) is 6.08. The first-order valence-electron chi connectivity index (χ1n) is 5.96. The van der Waals surface area contributed by atoms with Crippen LogP contribution < -0.4 is 5.32 Å². The van der Waals surface area contributed by atoms with Crippen LogP contribution in [0.3, 0.4) is 0 Å². The van der Waals surface area contributed by atoms with E-state index >= 15 is 0 Å². The van der Waals surface area contributed by atoms with Gasteiger partial charge in [0.15, 0.2) is 0 Å². The van der Waals surface area contributed by atoms with Crippen LogP contribution in [0.2, 0.25) is 0 Å². The second kappa shape index (κ2) is 5.27. The maximum absolute atomic E-state index is 13.1. The van der Waals surface area contributed by atoms with Gasteiger partial charge in [0.25, 0.3) is 5.91 Å². The van der Waals surface area contributed by atoms with Crippen molar-refractivity contribution < 1.29 is 9.18 Å². The Morgan fingerprint density at radius 3 is 3.06 bits per heavy atom. The van der Waals surface area contributed by atoms with Crippen molar-refractivity contribution in [1.29, 1.82) is 0 Å². The van der Waals surface area contributed by atoms with Crippen molar-refractivity contribution in [3.8, 4) is 0 Å². The summed E-state index contributed by atoms with van der Waals surface area (Å²) in [4.78, 5) is 14.1. The van der Waals surface area contributed by atoms with E-state index in [1.165, 1.54) is 12.1 Å². The Kier molecular flexibility index (Phi) is 3.74. The molecule has 1 N–H and O–H groups in total. The van der Waals surface area contributed by atoms with E-state index in [1.54, 1.807) is 12.1 Å². The number of nitrogens with zero attached hydrogens (tertiary/aromatic N) is 1. The maximum atomic E-state index is 13.1. The van der Waals surface area contributed by atoms with Crippen molar-refractivity contribution in [2.75, 3.05) is 19.6 Å². The molecule has 92 valence electrons. The predicted octanol–water partition coefficient (Wildman–Crippen LogP) is 1.65. The van der Waals surface area contributed by atoms with Crippen LogP contribution in [0.4, 0.5) is 4.39 Å². The normalized spacial score (nSPS) is 21.1. The molecule has 4 heteroatoms. The Hall–Kier alpha value is -1.42. The maximum Gasteiger partial charge on any atom is 0.254 e. The number of carbonyl (C=O) groups excluding carboxylic acids is 1. The van der Waals surface area contributed by atoms with Crippen LogP contribution >= 0.6 is 0 Å². The molecule has 1 aliphatic rings. The third kappa shape index (κ3) is 2.82. The van der Waals surface area contributed by atoms with E-state index in [4.69, 9.17) is 0 Å². The number of halogens is 1. The zero-order chi connectivity index (χ0) is 12.3. The molecule has 1 unspecified atom stereocenters. The zero-order valence-corrected chi connectivity index (χ0v) is 9.95. The van der Waals surface area contributed by atoms with Crippen molar-refractivity contribution in [2.24, 2.45) is 0 Å². The lowest BCUT2D eigenvalue weighted by Gasteiger charge is -2.26. The van der Waals surface area contributed by atoms with E-state index in [9.17, 15) is 9.18 Å². The highest BCUT2D eigenvalue weighted by Crippen LogP contribution is 2.13. The molecule has 0 saturated carbocycles. The largest absolute Gasteiger partial charge is 0.335 e. The Morgan fingerprint density at radius 1 is 1.47 bits per heavy atom. The molecule has 0 bridgehead atoms. The summed E-state index contributed by atoms with van der Waals surface area (Å²) in [5, 5.41) is 3.26. The van der Waals surface area contributed by atoms with Gasteiger partial charge < -0.3 is 10.2 Å². The third-order valence-electron chi connectivity index (χ3n) is 3.13. The highest BCUT2D eigenvalue weighted by molar-refractivity contribution is 5.94. The van der Waals surface area contributed by atoms with E-state index in [0.717, 1.165) is 19.5 Å². The van der Waals surface area contributed by atoms with Gasteiger partial charge in [-0.3, -0.25) is 4.79 Å². The first kappa shape index (κ1) is 12.0. The predicted molar refractivity (Wildman–Crippen MR) is 64.4 cm³/mol. The molecule has 1 heterocycles. The lowest BCUT2D eigenvalue weighted by Crippen LogP contribution is -2.39. The molecule has 3 nitrogen and oxygen atoms in total.